The summed E-state index contributed by atoms with van der Waals surface area (Å²) in [6.45, 7) is 0. The van der Waals surface area contributed by atoms with Crippen LogP contribution in [0.3, 0.4) is 0 Å². The van der Waals surface area contributed by atoms with E-state index in [4.69, 9.17) is 10.6 Å². The van der Waals surface area contributed by atoms with Crippen LogP contribution in [0.2, 0.25) is 0 Å². The third kappa shape index (κ3) is 2.23. The Morgan fingerprint density at radius 3 is 2.60 bits per heavy atom. The molecule has 0 aliphatic rings. The Bertz CT molecular complexity index is 477. The first-order valence-electron chi connectivity index (χ1n) is 3.72. The molecule has 7 nitrogen and oxygen atoms in total. The first-order valence-corrected chi connectivity index (χ1v) is 3.72. The van der Waals surface area contributed by atoms with Crippen molar-refractivity contribution < 1.29 is 19.8 Å². The second-order valence-electron chi connectivity index (χ2n) is 2.52. The molecule has 0 atom stereocenters. The van der Waals surface area contributed by atoms with E-state index in [2.05, 4.69) is 10.0 Å². The number of hydrogen-bond donors (Lipinski definition) is 2. The van der Waals surface area contributed by atoms with E-state index in [1.54, 1.807) is 0 Å². The number of benzene rings is 1. The van der Waals surface area contributed by atoms with Crippen LogP contribution in [0.15, 0.2) is 23.3 Å². The van der Waals surface area contributed by atoms with E-state index >= 15 is 0 Å². The van der Waals surface area contributed by atoms with Gasteiger partial charge in [0, 0.05) is 0 Å². The monoisotopic (exact) mass is 207 g/mol. The maximum absolute atomic E-state index is 10.7. The lowest BCUT2D eigenvalue weighted by atomic mass is 10.1. The molecule has 1 aromatic rings. The highest BCUT2D eigenvalue weighted by molar-refractivity contribution is 5.96. The predicted molar refractivity (Wildman–Crippen MR) is 44.7 cm³/mol. The molecule has 7 heteroatoms. The van der Waals surface area contributed by atoms with E-state index in [0.717, 1.165) is 18.2 Å². The Morgan fingerprint density at radius 2 is 2.13 bits per heavy atom. The smallest absolute Gasteiger partial charge is 0.338 e. The Morgan fingerprint density at radius 1 is 1.47 bits per heavy atom. The number of nitrogens with zero attached hydrogens (tertiary/aromatic N) is 2. The summed E-state index contributed by atoms with van der Waals surface area (Å²) in [4.78, 5) is 23.8. The average molecular weight is 207 g/mol. The largest absolute Gasteiger partial charge is 0.545 e. The molecule has 0 aromatic heterocycles. The van der Waals surface area contributed by atoms with Crippen LogP contribution in [0, 0.1) is 5.53 Å². The number of carbonyl (C=O) groups is 2. The van der Waals surface area contributed by atoms with Gasteiger partial charge in [0.15, 0.2) is 10.8 Å². The normalized spacial score (nSPS) is 9.07. The van der Waals surface area contributed by atoms with Gasteiger partial charge < -0.3 is 15.0 Å². The zero-order chi connectivity index (χ0) is 11.4. The van der Waals surface area contributed by atoms with Crippen molar-refractivity contribution in [1.29, 1.82) is 5.53 Å². The first-order chi connectivity index (χ1) is 7.06. The zero-order valence-electron chi connectivity index (χ0n) is 7.30. The van der Waals surface area contributed by atoms with E-state index in [1.807, 2.05) is 0 Å². The number of carboxylic acids is 2. The fraction of sp³-hybridized carbons (Fsp3) is 0. The fourth-order valence-corrected chi connectivity index (χ4v) is 0.976. The maximum atomic E-state index is 10.7. The van der Waals surface area contributed by atoms with Crippen molar-refractivity contribution in [3.8, 4) is 0 Å². The van der Waals surface area contributed by atoms with Crippen molar-refractivity contribution in [2.24, 2.45) is 5.11 Å². The van der Waals surface area contributed by atoms with Crippen molar-refractivity contribution >= 4 is 17.6 Å². The summed E-state index contributed by atoms with van der Waals surface area (Å²) in [5, 5.41) is 22.3. The fourth-order valence-electron chi connectivity index (χ4n) is 0.976. The van der Waals surface area contributed by atoms with Gasteiger partial charge in [-0.25, -0.2) is 4.79 Å². The van der Waals surface area contributed by atoms with Gasteiger partial charge in [0.05, 0.1) is 11.5 Å². The van der Waals surface area contributed by atoms with Gasteiger partial charge in [-0.05, 0) is 17.7 Å². The van der Waals surface area contributed by atoms with Gasteiger partial charge in [0.1, 0.15) is 5.53 Å². The highest BCUT2D eigenvalue weighted by Crippen LogP contribution is 2.20. The molecule has 0 fully saturated rings. The molecule has 1 rings (SSSR count). The average Bonchev–Trinajstić information content (AvgIpc) is 2.17. The number of carbonyl (C=O) groups excluding carboxylic acids is 1. The summed E-state index contributed by atoms with van der Waals surface area (Å²) in [6, 6.07) is 3.13. The van der Waals surface area contributed by atoms with Gasteiger partial charge in [-0.1, -0.05) is 6.07 Å². The van der Waals surface area contributed by atoms with E-state index < -0.39 is 11.9 Å². The van der Waals surface area contributed by atoms with Crippen LogP contribution in [-0.4, -0.2) is 17.0 Å². The lowest BCUT2D eigenvalue weighted by Crippen LogP contribution is -2.22. The Balaban J connectivity index is 3.39. The van der Waals surface area contributed by atoms with Gasteiger partial charge in [0.2, 0.25) is 4.91 Å². The molecule has 0 saturated carbocycles. The molecule has 76 valence electrons. The highest BCUT2D eigenvalue weighted by atomic mass is 16.4. The molecule has 2 N–H and O–H groups in total. The molecule has 0 saturated heterocycles. The standard InChI is InChI=1S/C8H5N3O4/c9-11-10-6-3-4(7(12)13)1-2-5(6)8(14)15/h1-3,9H,(H-,12,13,14,15). The lowest BCUT2D eigenvalue weighted by molar-refractivity contribution is -0.255. The van der Waals surface area contributed by atoms with Crippen molar-refractivity contribution in [3.63, 3.8) is 0 Å². The molecule has 0 heterocycles. The number of rotatable bonds is 3. The van der Waals surface area contributed by atoms with Gasteiger partial charge in [-0.3, -0.25) is 0 Å². The second-order valence-corrected chi connectivity index (χ2v) is 2.52. The SMILES string of the molecule is N=[N+]=Nc1cc(C(=O)[O-])ccc1C(=O)O. The van der Waals surface area contributed by atoms with Crippen LogP contribution >= 0.6 is 0 Å². The zero-order valence-corrected chi connectivity index (χ0v) is 7.30. The Labute approximate surface area is 83.2 Å². The molecule has 15 heavy (non-hydrogen) atoms. The summed E-state index contributed by atoms with van der Waals surface area (Å²) in [7, 11) is 0. The van der Waals surface area contributed by atoms with Crippen LogP contribution < -0.4 is 10.0 Å². The predicted octanol–water partition coefficient (Wildman–Crippen LogP) is -0.0698. The van der Waals surface area contributed by atoms with Gasteiger partial charge >= 0.3 is 5.97 Å². The summed E-state index contributed by atoms with van der Waals surface area (Å²) < 4.78 is 0. The minimum atomic E-state index is -1.45. The lowest BCUT2D eigenvalue weighted by Gasteiger charge is -2.02. The van der Waals surface area contributed by atoms with E-state index in [1.165, 1.54) is 0 Å². The van der Waals surface area contributed by atoms with Gasteiger partial charge in [0.25, 0.3) is 0 Å². The van der Waals surface area contributed by atoms with E-state index in [0.29, 0.717) is 0 Å². The van der Waals surface area contributed by atoms with Crippen molar-refractivity contribution in [2.75, 3.05) is 0 Å². The number of carboxylic acid groups (broad SMARTS) is 2. The number of nitrogens with one attached hydrogen (secondary N) is 1. The quantitative estimate of drug-likeness (QED) is 0.530. The third-order valence-electron chi connectivity index (χ3n) is 1.62. The van der Waals surface area contributed by atoms with Gasteiger partial charge in [-0.2, -0.15) is 0 Å². The minimum Gasteiger partial charge on any atom is -0.545 e. The summed E-state index contributed by atoms with van der Waals surface area (Å²) >= 11 is 0. The van der Waals surface area contributed by atoms with E-state index in [9.17, 15) is 14.7 Å². The van der Waals surface area contributed by atoms with E-state index in [-0.39, 0.29) is 16.8 Å². The van der Waals surface area contributed by atoms with Crippen LogP contribution in [-0.2, 0) is 0 Å². The van der Waals surface area contributed by atoms with Crippen LogP contribution in [0.1, 0.15) is 20.7 Å². The van der Waals surface area contributed by atoms with Crippen LogP contribution in [0.5, 0.6) is 0 Å². The molecule has 0 spiro atoms. The minimum absolute atomic E-state index is 0.195. The molecular weight excluding hydrogens is 202 g/mol. The summed E-state index contributed by atoms with van der Waals surface area (Å²) in [5.74, 6) is -2.73. The maximum Gasteiger partial charge on any atom is 0.338 e. The second kappa shape index (κ2) is 4.12. The Hall–Kier alpha value is -2.53. The van der Waals surface area contributed by atoms with Crippen molar-refractivity contribution in [1.82, 2.24) is 4.91 Å². The highest BCUT2D eigenvalue weighted by Gasteiger charge is 2.13. The molecule has 0 amide bonds. The summed E-state index contributed by atoms with van der Waals surface area (Å²) in [6.07, 6.45) is 0. The van der Waals surface area contributed by atoms with Crippen molar-refractivity contribution in [3.05, 3.63) is 29.3 Å². The third-order valence-corrected chi connectivity index (χ3v) is 1.62. The summed E-state index contributed by atoms with van der Waals surface area (Å²) in [5.41, 5.74) is 5.82. The number of hydrogen-bond acceptors (Lipinski definition) is 5. The number of aromatic carboxylic acids is 2. The molecule has 0 aliphatic heterocycles. The Kier molecular flexibility index (Phi) is 2.90. The molecule has 0 aliphatic carbocycles. The first kappa shape index (κ1) is 10.6. The van der Waals surface area contributed by atoms with Crippen LogP contribution in [0.25, 0.3) is 0 Å². The van der Waals surface area contributed by atoms with Gasteiger partial charge in [-0.15, -0.1) is 0 Å². The molecule has 0 radical (unpaired) electrons. The van der Waals surface area contributed by atoms with Crippen molar-refractivity contribution in [2.45, 2.75) is 0 Å². The molecular formula is C8H5N3O4. The topological polar surface area (TPSA) is 128 Å². The van der Waals surface area contributed by atoms with Crippen LogP contribution in [0.4, 0.5) is 5.69 Å². The molecule has 0 unspecified atom stereocenters. The molecule has 0 bridgehead atoms. The molecule has 1 aromatic carbocycles.